The highest BCUT2D eigenvalue weighted by Gasteiger charge is 2.14. The quantitative estimate of drug-likeness (QED) is 0.579. The molecule has 1 unspecified atom stereocenters. The molecule has 2 aliphatic carbocycles. The predicted molar refractivity (Wildman–Crippen MR) is 50.0 cm³/mol. The fraction of sp³-hybridized carbons (Fsp3) is 0.200. The molecule has 3 N–H and O–H groups in total. The zero-order valence-electron chi connectivity index (χ0n) is 6.75. The van der Waals surface area contributed by atoms with E-state index in [1.165, 1.54) is 5.57 Å². The molecule has 2 heteroatoms. The normalized spacial score (nSPS) is 27.0. The summed E-state index contributed by atoms with van der Waals surface area (Å²) in [5, 5.41) is 0. The van der Waals surface area contributed by atoms with E-state index in [-0.39, 0.29) is 0 Å². The van der Waals surface area contributed by atoms with Crippen LogP contribution in [0.3, 0.4) is 0 Å². The van der Waals surface area contributed by atoms with Gasteiger partial charge in [0.05, 0.1) is 0 Å². The van der Waals surface area contributed by atoms with Crippen molar-refractivity contribution in [1.29, 1.82) is 0 Å². The molecule has 0 aromatic rings. The third-order valence-corrected chi connectivity index (χ3v) is 2.24. The minimum absolute atomic E-state index is 0.384. The third-order valence-electron chi connectivity index (χ3n) is 2.24. The third kappa shape index (κ3) is 1.05. The Kier molecular flexibility index (Phi) is 1.54. The van der Waals surface area contributed by atoms with Crippen LogP contribution in [0.4, 0.5) is 0 Å². The molecule has 0 radical (unpaired) electrons. The van der Waals surface area contributed by atoms with E-state index in [1.54, 1.807) is 0 Å². The van der Waals surface area contributed by atoms with Gasteiger partial charge in [0.15, 0.2) is 0 Å². The van der Waals surface area contributed by atoms with Gasteiger partial charge in [0.2, 0.25) is 0 Å². The smallest absolute Gasteiger partial charge is 0.0160 e. The van der Waals surface area contributed by atoms with Crippen molar-refractivity contribution in [2.24, 2.45) is 11.7 Å². The maximum Gasteiger partial charge on any atom is 0.0160 e. The highest BCUT2D eigenvalue weighted by molar-refractivity contribution is 5.47. The Balaban J connectivity index is 2.39. The molecule has 1 atom stereocenters. The van der Waals surface area contributed by atoms with Crippen molar-refractivity contribution in [3.63, 3.8) is 0 Å². The molecule has 0 saturated heterocycles. The molecule has 0 saturated carbocycles. The molecule has 0 aromatic heterocycles. The van der Waals surface area contributed by atoms with Gasteiger partial charge in [0.25, 0.3) is 0 Å². The van der Waals surface area contributed by atoms with E-state index in [0.717, 1.165) is 6.42 Å². The van der Waals surface area contributed by atoms with Crippen molar-refractivity contribution in [2.75, 3.05) is 0 Å². The van der Waals surface area contributed by atoms with E-state index >= 15 is 0 Å². The Hall–Kier alpha value is -1.44. The van der Waals surface area contributed by atoms with Crippen LogP contribution < -0.4 is 5.73 Å². The Bertz CT molecular complexity index is 319. The van der Waals surface area contributed by atoms with Crippen molar-refractivity contribution in [2.45, 2.75) is 6.42 Å². The summed E-state index contributed by atoms with van der Waals surface area (Å²) in [5.74, 6) is 0.384. The van der Waals surface area contributed by atoms with Gasteiger partial charge < -0.3 is 11.5 Å². The molecule has 0 heterocycles. The lowest BCUT2D eigenvalue weighted by molar-refractivity contribution is 0.769. The van der Waals surface area contributed by atoms with Crippen molar-refractivity contribution >= 4 is 0 Å². The molecule has 2 aliphatic rings. The second-order valence-electron chi connectivity index (χ2n) is 3.12. The molecule has 0 aliphatic heterocycles. The first-order chi connectivity index (χ1) is 5.77. The van der Waals surface area contributed by atoms with Gasteiger partial charge in [0, 0.05) is 11.6 Å². The molecule has 0 aromatic carbocycles. The summed E-state index contributed by atoms with van der Waals surface area (Å²) in [6.45, 7) is 0. The molecule has 2 rings (SSSR count). The molecular formula is C10H11N2-. The summed E-state index contributed by atoms with van der Waals surface area (Å²) in [6, 6.07) is 0. The molecule has 2 nitrogen and oxygen atoms in total. The van der Waals surface area contributed by atoms with E-state index < -0.39 is 0 Å². The molecule has 0 fully saturated rings. The topological polar surface area (TPSA) is 49.8 Å². The Morgan fingerprint density at radius 3 is 3.17 bits per heavy atom. The van der Waals surface area contributed by atoms with Crippen LogP contribution in [0.2, 0.25) is 0 Å². The van der Waals surface area contributed by atoms with E-state index in [2.05, 4.69) is 12.2 Å². The summed E-state index contributed by atoms with van der Waals surface area (Å²) >= 11 is 0. The number of hydrogen-bond donors (Lipinski definition) is 1. The fourth-order valence-electron chi connectivity index (χ4n) is 1.54. The second-order valence-corrected chi connectivity index (χ2v) is 3.12. The van der Waals surface area contributed by atoms with Gasteiger partial charge in [-0.05, 0) is 18.1 Å². The van der Waals surface area contributed by atoms with Crippen LogP contribution >= 0.6 is 0 Å². The first-order valence-corrected chi connectivity index (χ1v) is 4.05. The minimum atomic E-state index is 0.384. The number of fused-ring (bicyclic) bond motifs is 1. The average molecular weight is 159 g/mol. The summed E-state index contributed by atoms with van der Waals surface area (Å²) in [7, 11) is 0. The van der Waals surface area contributed by atoms with Crippen LogP contribution in [-0.4, -0.2) is 0 Å². The van der Waals surface area contributed by atoms with Crippen LogP contribution in [0.5, 0.6) is 0 Å². The summed E-state index contributed by atoms with van der Waals surface area (Å²) in [6.07, 6.45) is 11.0. The molecular weight excluding hydrogens is 148 g/mol. The number of nitrogens with one attached hydrogen (secondary N) is 1. The van der Waals surface area contributed by atoms with Crippen molar-refractivity contribution < 1.29 is 0 Å². The van der Waals surface area contributed by atoms with Crippen LogP contribution in [0.25, 0.3) is 5.73 Å². The summed E-state index contributed by atoms with van der Waals surface area (Å²) < 4.78 is 0. The Morgan fingerprint density at radius 1 is 1.50 bits per heavy atom. The standard InChI is InChI=1S/C10H11N2/c11-9-5-7-3-1-2-4-8(7)6-10(9)12/h1-3,5-6,8,12H,4,11H2/q-1. The van der Waals surface area contributed by atoms with Crippen LogP contribution in [0, 0.1) is 5.92 Å². The van der Waals surface area contributed by atoms with Gasteiger partial charge in [-0.3, -0.25) is 0 Å². The maximum atomic E-state index is 7.52. The molecule has 0 spiro atoms. The highest BCUT2D eigenvalue weighted by Crippen LogP contribution is 2.30. The first-order valence-electron chi connectivity index (χ1n) is 4.05. The van der Waals surface area contributed by atoms with Gasteiger partial charge in [-0.25, -0.2) is 0 Å². The van der Waals surface area contributed by atoms with E-state index in [0.29, 0.717) is 17.3 Å². The van der Waals surface area contributed by atoms with E-state index in [9.17, 15) is 0 Å². The molecule has 0 amide bonds. The van der Waals surface area contributed by atoms with Crippen LogP contribution in [-0.2, 0) is 0 Å². The fourth-order valence-corrected chi connectivity index (χ4v) is 1.54. The predicted octanol–water partition coefficient (Wildman–Crippen LogP) is 2.28. The summed E-state index contributed by atoms with van der Waals surface area (Å²) in [5.41, 5.74) is 15.4. The maximum absolute atomic E-state index is 7.52. The Morgan fingerprint density at radius 2 is 2.33 bits per heavy atom. The SMILES string of the molecule is [NH-]C1=CC2CC=CC=C2C=C1N. The zero-order valence-corrected chi connectivity index (χ0v) is 6.75. The Labute approximate surface area is 71.9 Å². The lowest BCUT2D eigenvalue weighted by atomic mass is 9.86. The molecule has 62 valence electrons. The lowest BCUT2D eigenvalue weighted by Gasteiger charge is -2.25. The minimum Gasteiger partial charge on any atom is -0.697 e. The lowest BCUT2D eigenvalue weighted by Crippen LogP contribution is -2.11. The second kappa shape index (κ2) is 2.55. The number of allylic oxidation sites excluding steroid dienone is 6. The molecule has 12 heavy (non-hydrogen) atoms. The average Bonchev–Trinajstić information content (AvgIpc) is 2.07. The molecule has 0 bridgehead atoms. The van der Waals surface area contributed by atoms with Crippen molar-refractivity contribution in [1.82, 2.24) is 0 Å². The van der Waals surface area contributed by atoms with Crippen molar-refractivity contribution in [3.05, 3.63) is 53.1 Å². The van der Waals surface area contributed by atoms with Crippen LogP contribution in [0.15, 0.2) is 47.3 Å². The van der Waals surface area contributed by atoms with Crippen molar-refractivity contribution in [3.8, 4) is 0 Å². The zero-order chi connectivity index (χ0) is 8.55. The number of hydrogen-bond acceptors (Lipinski definition) is 1. The summed E-state index contributed by atoms with van der Waals surface area (Å²) in [4.78, 5) is 0. The number of rotatable bonds is 0. The van der Waals surface area contributed by atoms with Gasteiger partial charge >= 0.3 is 0 Å². The van der Waals surface area contributed by atoms with Gasteiger partial charge in [-0.2, -0.15) is 0 Å². The largest absolute Gasteiger partial charge is 0.697 e. The van der Waals surface area contributed by atoms with E-state index in [4.69, 9.17) is 11.5 Å². The van der Waals surface area contributed by atoms with Gasteiger partial charge in [-0.1, -0.05) is 24.3 Å². The van der Waals surface area contributed by atoms with Gasteiger partial charge in [-0.15, -0.1) is 5.70 Å². The number of nitrogens with two attached hydrogens (primary N) is 1. The van der Waals surface area contributed by atoms with E-state index in [1.807, 2.05) is 18.2 Å². The monoisotopic (exact) mass is 159 g/mol. The van der Waals surface area contributed by atoms with Gasteiger partial charge in [0.1, 0.15) is 0 Å². The highest BCUT2D eigenvalue weighted by atomic mass is 14.7. The first kappa shape index (κ1) is 7.22. The van der Waals surface area contributed by atoms with Crippen LogP contribution in [0.1, 0.15) is 6.42 Å².